The average Bonchev–Trinajstić information content (AvgIpc) is 2.48. The number of aryl methyl sites for hydroxylation is 1. The number of rotatable bonds is 5. The molecule has 0 radical (unpaired) electrons. The number of anilines is 1. The highest BCUT2D eigenvalue weighted by atomic mass is 79.9. The van der Waals surface area contributed by atoms with Gasteiger partial charge < -0.3 is 15.8 Å². The highest BCUT2D eigenvalue weighted by Gasteiger charge is 2.11. The molecular formula is C16H15BrN2O3. The number of ether oxygens (including phenoxy) is 1. The van der Waals surface area contributed by atoms with Crippen molar-refractivity contribution in [2.75, 3.05) is 11.9 Å². The maximum absolute atomic E-state index is 11.9. The average molecular weight is 363 g/mol. The van der Waals surface area contributed by atoms with Crippen LogP contribution >= 0.6 is 15.9 Å². The van der Waals surface area contributed by atoms with Crippen molar-refractivity contribution in [3.63, 3.8) is 0 Å². The number of nitrogens with two attached hydrogens (primary N) is 1. The summed E-state index contributed by atoms with van der Waals surface area (Å²) in [6.07, 6.45) is 0. The zero-order chi connectivity index (χ0) is 16.1. The van der Waals surface area contributed by atoms with Crippen LogP contribution < -0.4 is 15.8 Å². The van der Waals surface area contributed by atoms with Gasteiger partial charge in [0.15, 0.2) is 6.61 Å². The van der Waals surface area contributed by atoms with E-state index in [1.807, 2.05) is 19.1 Å². The second-order valence-electron chi connectivity index (χ2n) is 4.68. The first-order chi connectivity index (χ1) is 10.5. The second-order valence-corrected chi connectivity index (χ2v) is 5.53. The minimum atomic E-state index is -0.600. The van der Waals surface area contributed by atoms with Crippen LogP contribution in [0.3, 0.4) is 0 Å². The SMILES string of the molecule is Cc1ccc(NC(=O)COc2ccccc2C(N)=O)c(Br)c1. The van der Waals surface area contributed by atoms with E-state index in [1.165, 1.54) is 0 Å². The second kappa shape index (κ2) is 7.09. The number of carbonyl (C=O) groups is 2. The Morgan fingerprint density at radius 1 is 1.23 bits per heavy atom. The molecule has 0 atom stereocenters. The van der Waals surface area contributed by atoms with Gasteiger partial charge in [-0.3, -0.25) is 9.59 Å². The number of benzene rings is 2. The Morgan fingerprint density at radius 2 is 1.95 bits per heavy atom. The molecule has 2 amide bonds. The summed E-state index contributed by atoms with van der Waals surface area (Å²) in [4.78, 5) is 23.2. The fraction of sp³-hybridized carbons (Fsp3) is 0.125. The van der Waals surface area contributed by atoms with Crippen LogP contribution in [-0.4, -0.2) is 18.4 Å². The van der Waals surface area contributed by atoms with Crippen molar-refractivity contribution in [1.82, 2.24) is 0 Å². The fourth-order valence-corrected chi connectivity index (χ4v) is 2.44. The third-order valence-electron chi connectivity index (χ3n) is 2.91. The molecule has 0 aromatic heterocycles. The van der Waals surface area contributed by atoms with Gasteiger partial charge in [-0.2, -0.15) is 0 Å². The molecule has 0 saturated carbocycles. The molecule has 5 nitrogen and oxygen atoms in total. The molecule has 0 aliphatic rings. The van der Waals surface area contributed by atoms with Crippen LogP contribution in [-0.2, 0) is 4.79 Å². The van der Waals surface area contributed by atoms with Crippen LogP contribution in [0.2, 0.25) is 0 Å². The third-order valence-corrected chi connectivity index (χ3v) is 3.57. The van der Waals surface area contributed by atoms with E-state index >= 15 is 0 Å². The summed E-state index contributed by atoms with van der Waals surface area (Å²) >= 11 is 3.39. The Labute approximate surface area is 136 Å². The van der Waals surface area contributed by atoms with E-state index in [4.69, 9.17) is 10.5 Å². The predicted molar refractivity (Wildman–Crippen MR) is 88.0 cm³/mol. The normalized spacial score (nSPS) is 10.1. The summed E-state index contributed by atoms with van der Waals surface area (Å²) in [5, 5.41) is 2.73. The molecule has 2 aromatic carbocycles. The number of carbonyl (C=O) groups excluding carboxylic acids is 2. The summed E-state index contributed by atoms with van der Waals surface area (Å²) in [7, 11) is 0. The smallest absolute Gasteiger partial charge is 0.262 e. The first kappa shape index (κ1) is 16.0. The Morgan fingerprint density at radius 3 is 2.64 bits per heavy atom. The fourth-order valence-electron chi connectivity index (χ4n) is 1.85. The number of hydrogen-bond acceptors (Lipinski definition) is 3. The van der Waals surface area contributed by atoms with Gasteiger partial charge in [-0.15, -0.1) is 0 Å². The molecule has 0 saturated heterocycles. The van der Waals surface area contributed by atoms with Crippen molar-refractivity contribution in [2.24, 2.45) is 5.73 Å². The van der Waals surface area contributed by atoms with Crippen molar-refractivity contribution >= 4 is 33.4 Å². The van der Waals surface area contributed by atoms with Crippen LogP contribution in [0.5, 0.6) is 5.75 Å². The van der Waals surface area contributed by atoms with E-state index in [9.17, 15) is 9.59 Å². The Kier molecular flexibility index (Phi) is 5.16. The number of nitrogens with one attached hydrogen (secondary N) is 1. The van der Waals surface area contributed by atoms with Crippen LogP contribution in [0.1, 0.15) is 15.9 Å². The molecule has 0 fully saturated rings. The van der Waals surface area contributed by atoms with Crippen LogP contribution in [0.4, 0.5) is 5.69 Å². The van der Waals surface area contributed by atoms with Gasteiger partial charge in [-0.25, -0.2) is 0 Å². The summed E-state index contributed by atoms with van der Waals surface area (Å²) in [6.45, 7) is 1.74. The first-order valence-corrected chi connectivity index (χ1v) is 7.34. The molecule has 2 aromatic rings. The molecule has 0 unspecified atom stereocenters. The van der Waals surface area contributed by atoms with Crippen molar-refractivity contribution in [3.8, 4) is 5.75 Å². The summed E-state index contributed by atoms with van der Waals surface area (Å²) in [6, 6.07) is 12.1. The molecule has 0 aliphatic heterocycles. The van der Waals surface area contributed by atoms with Gasteiger partial charge in [0.05, 0.1) is 11.3 Å². The maximum Gasteiger partial charge on any atom is 0.262 e. The zero-order valence-corrected chi connectivity index (χ0v) is 13.5. The van der Waals surface area contributed by atoms with Crippen molar-refractivity contribution in [1.29, 1.82) is 0 Å². The highest BCUT2D eigenvalue weighted by molar-refractivity contribution is 9.10. The number of primary amides is 1. The molecule has 2 rings (SSSR count). The Hall–Kier alpha value is -2.34. The topological polar surface area (TPSA) is 81.4 Å². The Bertz CT molecular complexity index is 716. The zero-order valence-electron chi connectivity index (χ0n) is 11.9. The molecule has 0 heterocycles. The van der Waals surface area contributed by atoms with E-state index in [0.29, 0.717) is 5.69 Å². The Balaban J connectivity index is 2.00. The predicted octanol–water partition coefficient (Wildman–Crippen LogP) is 2.87. The van der Waals surface area contributed by atoms with Gasteiger partial charge in [-0.1, -0.05) is 18.2 Å². The molecule has 22 heavy (non-hydrogen) atoms. The minimum absolute atomic E-state index is 0.218. The number of hydrogen-bond donors (Lipinski definition) is 2. The highest BCUT2D eigenvalue weighted by Crippen LogP contribution is 2.23. The lowest BCUT2D eigenvalue weighted by Gasteiger charge is -2.11. The van der Waals surface area contributed by atoms with Crippen molar-refractivity contribution in [2.45, 2.75) is 6.92 Å². The molecule has 114 valence electrons. The van der Waals surface area contributed by atoms with Crippen molar-refractivity contribution in [3.05, 3.63) is 58.1 Å². The maximum atomic E-state index is 11.9. The van der Waals surface area contributed by atoms with Crippen LogP contribution in [0, 0.1) is 6.92 Å². The van der Waals surface area contributed by atoms with E-state index in [1.54, 1.807) is 30.3 Å². The number of amides is 2. The molecule has 0 spiro atoms. The summed E-state index contributed by atoms with van der Waals surface area (Å²) in [5.74, 6) is -0.644. The third kappa shape index (κ3) is 4.08. The lowest BCUT2D eigenvalue weighted by Crippen LogP contribution is -2.21. The van der Waals surface area contributed by atoms with Crippen LogP contribution in [0.15, 0.2) is 46.9 Å². The van der Waals surface area contributed by atoms with Crippen molar-refractivity contribution < 1.29 is 14.3 Å². The first-order valence-electron chi connectivity index (χ1n) is 6.55. The van der Waals surface area contributed by atoms with Gasteiger partial charge in [0.2, 0.25) is 0 Å². The van der Waals surface area contributed by atoms with E-state index < -0.39 is 5.91 Å². The number of halogens is 1. The van der Waals surface area contributed by atoms with E-state index in [-0.39, 0.29) is 23.8 Å². The van der Waals surface area contributed by atoms with Gasteiger partial charge in [0, 0.05) is 4.47 Å². The molecule has 0 aliphatic carbocycles. The van der Waals surface area contributed by atoms with E-state index in [0.717, 1.165) is 10.0 Å². The lowest BCUT2D eigenvalue weighted by molar-refractivity contribution is -0.118. The molecular weight excluding hydrogens is 348 g/mol. The largest absolute Gasteiger partial charge is 0.483 e. The van der Waals surface area contributed by atoms with Gasteiger partial charge >= 0.3 is 0 Å². The monoisotopic (exact) mass is 362 g/mol. The standard InChI is InChI=1S/C16H15BrN2O3/c1-10-6-7-13(12(17)8-10)19-15(20)9-22-14-5-3-2-4-11(14)16(18)21/h2-8H,9H2,1H3,(H2,18,21)(H,19,20). The van der Waals surface area contributed by atoms with Crippen LogP contribution in [0.25, 0.3) is 0 Å². The number of para-hydroxylation sites is 1. The summed E-state index contributed by atoms with van der Waals surface area (Å²) in [5.41, 5.74) is 7.23. The molecule has 3 N–H and O–H groups in total. The molecule has 0 bridgehead atoms. The van der Waals surface area contributed by atoms with Gasteiger partial charge in [0.1, 0.15) is 5.75 Å². The van der Waals surface area contributed by atoms with E-state index in [2.05, 4.69) is 21.2 Å². The summed E-state index contributed by atoms with van der Waals surface area (Å²) < 4.78 is 6.16. The van der Waals surface area contributed by atoms with Gasteiger partial charge in [0.25, 0.3) is 11.8 Å². The lowest BCUT2D eigenvalue weighted by atomic mass is 10.2. The quantitative estimate of drug-likeness (QED) is 0.857. The minimum Gasteiger partial charge on any atom is -0.483 e. The van der Waals surface area contributed by atoms with Gasteiger partial charge in [-0.05, 0) is 52.7 Å². The molecule has 6 heteroatoms.